The third-order valence-corrected chi connectivity index (χ3v) is 5.99. The Morgan fingerprint density at radius 2 is 1.79 bits per heavy atom. The molecule has 0 aliphatic carbocycles. The molecule has 0 saturated carbocycles. The molecule has 166 valence electrons. The quantitative estimate of drug-likeness (QED) is 0.230. The predicted octanol–water partition coefficient (Wildman–Crippen LogP) is 6.52. The molecular weight excluding hydrogens is 506 g/mol. The molecule has 1 heterocycles. The van der Waals surface area contributed by atoms with Crippen molar-refractivity contribution in [3.05, 3.63) is 97.7 Å². The van der Waals surface area contributed by atoms with Crippen LogP contribution in [0.4, 0.5) is 0 Å². The van der Waals surface area contributed by atoms with E-state index >= 15 is 0 Å². The molecule has 7 heteroatoms. The maximum absolute atomic E-state index is 13.3. The third kappa shape index (κ3) is 4.58. The molecule has 4 rings (SSSR count). The first-order chi connectivity index (χ1) is 15.9. The number of halogens is 2. The summed E-state index contributed by atoms with van der Waals surface area (Å²) in [5.41, 5.74) is 2.18. The molecule has 0 unspecified atom stereocenters. The molecular formula is C26H19BrClNO4. The lowest BCUT2D eigenvalue weighted by Gasteiger charge is -2.12. The van der Waals surface area contributed by atoms with Gasteiger partial charge in [-0.3, -0.25) is 9.59 Å². The molecule has 0 amide bonds. The number of carbonyl (C=O) groups excluding carboxylic acids is 1. The van der Waals surface area contributed by atoms with E-state index in [4.69, 9.17) is 21.1 Å². The van der Waals surface area contributed by atoms with Crippen molar-refractivity contribution in [2.24, 2.45) is 0 Å². The monoisotopic (exact) mass is 523 g/mol. The lowest BCUT2D eigenvalue weighted by Crippen LogP contribution is -2.18. The van der Waals surface area contributed by atoms with Gasteiger partial charge in [0.05, 0.1) is 24.3 Å². The van der Waals surface area contributed by atoms with E-state index in [-0.39, 0.29) is 5.56 Å². The van der Waals surface area contributed by atoms with Crippen LogP contribution in [0.25, 0.3) is 28.1 Å². The highest BCUT2D eigenvalue weighted by atomic mass is 79.9. The Hall–Kier alpha value is -3.35. The average molecular weight is 525 g/mol. The van der Waals surface area contributed by atoms with E-state index in [0.717, 1.165) is 5.56 Å². The molecule has 4 aromatic rings. The van der Waals surface area contributed by atoms with Gasteiger partial charge in [0, 0.05) is 21.5 Å². The summed E-state index contributed by atoms with van der Waals surface area (Å²) in [6.07, 6.45) is 3.01. The van der Waals surface area contributed by atoms with Gasteiger partial charge in [-0.2, -0.15) is 0 Å². The average Bonchev–Trinajstić information content (AvgIpc) is 2.82. The van der Waals surface area contributed by atoms with Crippen LogP contribution < -0.4 is 15.0 Å². The van der Waals surface area contributed by atoms with Crippen LogP contribution >= 0.6 is 27.5 Å². The van der Waals surface area contributed by atoms with E-state index < -0.39 is 11.3 Å². The summed E-state index contributed by atoms with van der Waals surface area (Å²) in [6.45, 7) is 0. The smallest absolute Gasteiger partial charge is 0.260 e. The predicted molar refractivity (Wildman–Crippen MR) is 136 cm³/mol. The molecule has 0 fully saturated rings. The van der Waals surface area contributed by atoms with Crippen molar-refractivity contribution in [3.63, 3.8) is 0 Å². The second kappa shape index (κ2) is 9.65. The van der Waals surface area contributed by atoms with Crippen molar-refractivity contribution in [1.82, 2.24) is 4.98 Å². The van der Waals surface area contributed by atoms with Crippen molar-refractivity contribution in [2.45, 2.75) is 0 Å². The summed E-state index contributed by atoms with van der Waals surface area (Å²) < 4.78 is 11.4. The van der Waals surface area contributed by atoms with Crippen molar-refractivity contribution >= 4 is 50.3 Å². The van der Waals surface area contributed by atoms with Gasteiger partial charge in [-0.25, -0.2) is 0 Å². The number of carbonyl (C=O) groups is 1. The van der Waals surface area contributed by atoms with Crippen LogP contribution in [0, 0.1) is 0 Å². The SMILES string of the molecule is COc1cc(/C=C/C(=O)c2c(-c3ccccc3)c3cc(Cl)ccc3[nH]c2=O)cc(Br)c1OC. The van der Waals surface area contributed by atoms with E-state index in [1.807, 2.05) is 30.3 Å². The Morgan fingerprint density at radius 1 is 1.03 bits per heavy atom. The number of ketones is 1. The summed E-state index contributed by atoms with van der Waals surface area (Å²) in [5, 5.41) is 1.20. The number of allylic oxidation sites excluding steroid dienone is 1. The fraction of sp³-hybridized carbons (Fsp3) is 0.0769. The van der Waals surface area contributed by atoms with Gasteiger partial charge in [0.25, 0.3) is 5.56 Å². The molecule has 0 bridgehead atoms. The zero-order chi connectivity index (χ0) is 23.5. The number of methoxy groups -OCH3 is 2. The van der Waals surface area contributed by atoms with Crippen LogP contribution in [0.2, 0.25) is 5.02 Å². The number of hydrogen-bond acceptors (Lipinski definition) is 4. The Bertz CT molecular complexity index is 1440. The second-order valence-electron chi connectivity index (χ2n) is 7.20. The first-order valence-electron chi connectivity index (χ1n) is 9.98. The normalized spacial score (nSPS) is 11.2. The number of rotatable bonds is 6. The molecule has 33 heavy (non-hydrogen) atoms. The van der Waals surface area contributed by atoms with Gasteiger partial charge in [0.1, 0.15) is 0 Å². The number of ether oxygens (including phenoxy) is 2. The van der Waals surface area contributed by atoms with E-state index in [0.29, 0.717) is 43.0 Å². The van der Waals surface area contributed by atoms with Gasteiger partial charge in [0.15, 0.2) is 17.3 Å². The van der Waals surface area contributed by atoms with Crippen LogP contribution in [0.15, 0.2) is 76.0 Å². The number of fused-ring (bicyclic) bond motifs is 1. The Balaban J connectivity index is 1.86. The zero-order valence-corrected chi connectivity index (χ0v) is 20.2. The van der Waals surface area contributed by atoms with Gasteiger partial charge in [-0.1, -0.05) is 48.0 Å². The molecule has 0 spiro atoms. The number of aromatic nitrogens is 1. The van der Waals surface area contributed by atoms with Gasteiger partial charge < -0.3 is 14.5 Å². The highest BCUT2D eigenvalue weighted by Gasteiger charge is 2.19. The van der Waals surface area contributed by atoms with Crippen molar-refractivity contribution in [1.29, 1.82) is 0 Å². The lowest BCUT2D eigenvalue weighted by molar-refractivity contribution is 0.104. The lowest BCUT2D eigenvalue weighted by atomic mass is 9.94. The molecule has 0 aliphatic heterocycles. The first kappa shape index (κ1) is 22.8. The summed E-state index contributed by atoms with van der Waals surface area (Å²) >= 11 is 9.69. The number of benzene rings is 3. The third-order valence-electron chi connectivity index (χ3n) is 5.17. The number of H-pyrrole nitrogens is 1. The van der Waals surface area contributed by atoms with Crippen molar-refractivity contribution < 1.29 is 14.3 Å². The number of nitrogens with one attached hydrogen (secondary N) is 1. The van der Waals surface area contributed by atoms with Crippen LogP contribution in [-0.2, 0) is 0 Å². The Morgan fingerprint density at radius 3 is 2.48 bits per heavy atom. The second-order valence-corrected chi connectivity index (χ2v) is 8.49. The molecule has 1 N–H and O–H groups in total. The van der Waals surface area contributed by atoms with Gasteiger partial charge in [0.2, 0.25) is 0 Å². The van der Waals surface area contributed by atoms with Crippen LogP contribution in [0.1, 0.15) is 15.9 Å². The molecule has 5 nitrogen and oxygen atoms in total. The van der Waals surface area contributed by atoms with E-state index in [9.17, 15) is 9.59 Å². The molecule has 3 aromatic carbocycles. The van der Waals surface area contributed by atoms with E-state index in [1.165, 1.54) is 13.2 Å². The summed E-state index contributed by atoms with van der Waals surface area (Å²) in [5.74, 6) is 0.639. The minimum absolute atomic E-state index is 0.0479. The highest BCUT2D eigenvalue weighted by molar-refractivity contribution is 9.10. The van der Waals surface area contributed by atoms with Crippen molar-refractivity contribution in [2.75, 3.05) is 14.2 Å². The van der Waals surface area contributed by atoms with Gasteiger partial charge in [-0.05, 0) is 63.5 Å². The molecule has 0 saturated heterocycles. The number of hydrogen-bond donors (Lipinski definition) is 1. The van der Waals surface area contributed by atoms with Crippen LogP contribution in [0.3, 0.4) is 0 Å². The summed E-state index contributed by atoms with van der Waals surface area (Å²) in [4.78, 5) is 29.1. The zero-order valence-electron chi connectivity index (χ0n) is 17.8. The maximum atomic E-state index is 13.3. The fourth-order valence-corrected chi connectivity index (χ4v) is 4.49. The van der Waals surface area contributed by atoms with Gasteiger partial charge >= 0.3 is 0 Å². The van der Waals surface area contributed by atoms with E-state index in [1.54, 1.807) is 43.5 Å². The maximum Gasteiger partial charge on any atom is 0.260 e. The van der Waals surface area contributed by atoms with E-state index in [2.05, 4.69) is 20.9 Å². The highest BCUT2D eigenvalue weighted by Crippen LogP contribution is 2.37. The number of aromatic amines is 1. The minimum atomic E-state index is -0.466. The fourth-order valence-electron chi connectivity index (χ4n) is 3.69. The minimum Gasteiger partial charge on any atom is -0.493 e. The Kier molecular flexibility index (Phi) is 6.67. The Labute approximate surface area is 203 Å². The topological polar surface area (TPSA) is 68.4 Å². The first-order valence-corrected chi connectivity index (χ1v) is 11.1. The number of pyridine rings is 1. The van der Waals surface area contributed by atoms with Crippen molar-refractivity contribution in [3.8, 4) is 22.6 Å². The largest absolute Gasteiger partial charge is 0.493 e. The molecule has 0 atom stereocenters. The molecule has 0 radical (unpaired) electrons. The van der Waals surface area contributed by atoms with Crippen LogP contribution in [-0.4, -0.2) is 25.0 Å². The summed E-state index contributed by atoms with van der Waals surface area (Å²) in [7, 11) is 3.08. The molecule has 1 aromatic heterocycles. The molecule has 0 aliphatic rings. The summed E-state index contributed by atoms with van der Waals surface area (Å²) in [6, 6.07) is 18.0. The van der Waals surface area contributed by atoms with Crippen LogP contribution in [0.5, 0.6) is 11.5 Å². The van der Waals surface area contributed by atoms with Gasteiger partial charge in [-0.15, -0.1) is 0 Å². The standard InChI is InChI=1S/C26H19BrClNO4/c1-32-22-13-15(12-19(27)25(22)33-2)8-11-21(30)24-23(16-6-4-3-5-7-16)18-14-17(28)9-10-20(18)29-26(24)31/h3-14H,1-2H3,(H,29,31)/b11-8+.